The molecule has 0 saturated heterocycles. The van der Waals surface area contributed by atoms with Crippen LogP contribution in [0.4, 0.5) is 0 Å². The van der Waals surface area contributed by atoms with Crippen molar-refractivity contribution in [1.29, 1.82) is 0 Å². The van der Waals surface area contributed by atoms with Gasteiger partial charge in [-0.25, -0.2) is 8.42 Å². The van der Waals surface area contributed by atoms with Gasteiger partial charge in [-0.05, 0) is 54.8 Å². The maximum atomic E-state index is 14.7. The Balaban J connectivity index is 1.79. The van der Waals surface area contributed by atoms with Crippen molar-refractivity contribution in [3.63, 3.8) is 0 Å². The third kappa shape index (κ3) is 8.60. The van der Waals surface area contributed by atoms with Crippen molar-refractivity contribution in [3.05, 3.63) is 83.4 Å². The number of hydrogen-bond acceptors (Lipinski definition) is 7. The van der Waals surface area contributed by atoms with E-state index in [0.29, 0.717) is 35.2 Å². The minimum atomic E-state index is -3.73. The van der Waals surface area contributed by atoms with E-state index in [4.69, 9.17) is 23.7 Å². The standard InChI is InChI=1S/C37H50O7S/c1-6-7-8-9-10-11-12-13-35(45(38,39)32-21-14-28(2)15-22-32)36-33-23-20-31(44-27-41-5)24-34(33)42-25-37(36,3)29-16-18-30(19-17-29)43-26-40-4/h14-24,35-36H,6-13,25-27H2,1-5H3. The molecule has 0 spiro atoms. The summed E-state index contributed by atoms with van der Waals surface area (Å²) in [5.41, 5.74) is 2.24. The molecule has 7 nitrogen and oxygen atoms in total. The first kappa shape index (κ1) is 34.8. The van der Waals surface area contributed by atoms with Crippen LogP contribution in [0.15, 0.2) is 71.6 Å². The van der Waals surface area contributed by atoms with Crippen LogP contribution in [-0.2, 0) is 24.7 Å². The number of ether oxygens (including phenoxy) is 5. The Morgan fingerprint density at radius 2 is 1.42 bits per heavy atom. The third-order valence-electron chi connectivity index (χ3n) is 8.95. The summed E-state index contributed by atoms with van der Waals surface area (Å²) in [6.07, 6.45) is 8.37. The Kier molecular flexibility index (Phi) is 12.7. The monoisotopic (exact) mass is 638 g/mol. The van der Waals surface area contributed by atoms with Gasteiger partial charge in [-0.3, -0.25) is 0 Å². The Morgan fingerprint density at radius 3 is 2.07 bits per heavy atom. The molecule has 0 saturated carbocycles. The summed E-state index contributed by atoms with van der Waals surface area (Å²) in [5, 5.41) is -0.668. The van der Waals surface area contributed by atoms with Gasteiger partial charge in [0.1, 0.15) is 17.2 Å². The lowest BCUT2D eigenvalue weighted by molar-refractivity contribution is 0.0505. The number of methoxy groups -OCH3 is 2. The first-order valence-electron chi connectivity index (χ1n) is 16.2. The zero-order valence-corrected chi connectivity index (χ0v) is 28.4. The molecular formula is C37H50O7S. The van der Waals surface area contributed by atoms with Crippen LogP contribution in [0.2, 0.25) is 0 Å². The molecule has 1 aliphatic heterocycles. The summed E-state index contributed by atoms with van der Waals surface area (Å²) in [4.78, 5) is 0.361. The number of hydrogen-bond donors (Lipinski definition) is 0. The molecule has 1 heterocycles. The zero-order valence-electron chi connectivity index (χ0n) is 27.5. The molecule has 0 N–H and O–H groups in total. The van der Waals surface area contributed by atoms with Crippen molar-refractivity contribution in [2.24, 2.45) is 0 Å². The topological polar surface area (TPSA) is 80.3 Å². The maximum Gasteiger partial charge on any atom is 0.188 e. The van der Waals surface area contributed by atoms with Gasteiger partial charge in [-0.1, -0.05) is 94.7 Å². The summed E-state index contributed by atoms with van der Waals surface area (Å²) in [6, 6.07) is 20.8. The minimum Gasteiger partial charge on any atom is -0.492 e. The van der Waals surface area contributed by atoms with E-state index >= 15 is 0 Å². The van der Waals surface area contributed by atoms with Crippen LogP contribution < -0.4 is 14.2 Å². The second kappa shape index (κ2) is 16.5. The van der Waals surface area contributed by atoms with Gasteiger partial charge < -0.3 is 23.7 Å². The number of sulfone groups is 1. The zero-order chi connectivity index (χ0) is 32.3. The van der Waals surface area contributed by atoms with Gasteiger partial charge in [-0.15, -0.1) is 0 Å². The summed E-state index contributed by atoms with van der Waals surface area (Å²) >= 11 is 0. The van der Waals surface area contributed by atoms with Gasteiger partial charge in [0.25, 0.3) is 0 Å². The van der Waals surface area contributed by atoms with Crippen LogP contribution in [-0.4, -0.2) is 48.1 Å². The molecule has 4 rings (SSSR count). The lowest BCUT2D eigenvalue weighted by atomic mass is 9.66. The van der Waals surface area contributed by atoms with Crippen LogP contribution >= 0.6 is 0 Å². The molecule has 3 aromatic rings. The smallest absolute Gasteiger partial charge is 0.188 e. The second-order valence-corrected chi connectivity index (χ2v) is 14.5. The van der Waals surface area contributed by atoms with Crippen molar-refractivity contribution < 1.29 is 32.1 Å². The van der Waals surface area contributed by atoms with Gasteiger partial charge in [0.05, 0.1) is 16.8 Å². The molecule has 246 valence electrons. The van der Waals surface area contributed by atoms with Crippen molar-refractivity contribution >= 4 is 9.84 Å². The molecule has 0 bridgehead atoms. The SMILES string of the molecule is CCCCCCCCCC(C1c2ccc(OCOC)cc2OCC1(C)c1ccc(OCOC)cc1)S(=O)(=O)c1ccc(C)cc1. The van der Waals surface area contributed by atoms with Gasteiger partial charge in [0.15, 0.2) is 23.4 Å². The molecule has 0 radical (unpaired) electrons. The van der Waals surface area contributed by atoms with Crippen LogP contribution in [0.5, 0.6) is 17.2 Å². The van der Waals surface area contributed by atoms with Gasteiger partial charge in [-0.2, -0.15) is 0 Å². The summed E-state index contributed by atoms with van der Waals surface area (Å²) < 4.78 is 57.5. The normalized spacial score (nSPS) is 18.6. The highest BCUT2D eigenvalue weighted by Gasteiger charge is 2.50. The number of rotatable bonds is 18. The van der Waals surface area contributed by atoms with E-state index in [1.54, 1.807) is 26.4 Å². The molecule has 45 heavy (non-hydrogen) atoms. The Labute approximate surface area is 270 Å². The molecule has 0 fully saturated rings. The Morgan fingerprint density at radius 1 is 0.822 bits per heavy atom. The molecule has 3 atom stereocenters. The van der Waals surface area contributed by atoms with E-state index in [1.165, 1.54) is 25.7 Å². The molecule has 0 aliphatic carbocycles. The van der Waals surface area contributed by atoms with E-state index in [9.17, 15) is 8.42 Å². The van der Waals surface area contributed by atoms with Crippen LogP contribution in [0.1, 0.15) is 87.8 Å². The second-order valence-electron chi connectivity index (χ2n) is 12.3. The van der Waals surface area contributed by atoms with Crippen molar-refractivity contribution in [2.45, 2.75) is 93.6 Å². The van der Waals surface area contributed by atoms with Crippen LogP contribution in [0.25, 0.3) is 0 Å². The fourth-order valence-corrected chi connectivity index (χ4v) is 8.56. The maximum absolute atomic E-state index is 14.7. The van der Waals surface area contributed by atoms with Crippen molar-refractivity contribution in [3.8, 4) is 17.2 Å². The first-order valence-corrected chi connectivity index (χ1v) is 17.7. The largest absolute Gasteiger partial charge is 0.492 e. The first-order chi connectivity index (χ1) is 21.7. The predicted molar refractivity (Wildman–Crippen MR) is 178 cm³/mol. The highest BCUT2D eigenvalue weighted by Crippen LogP contribution is 2.52. The van der Waals surface area contributed by atoms with Crippen molar-refractivity contribution in [1.82, 2.24) is 0 Å². The third-order valence-corrected chi connectivity index (χ3v) is 11.2. The molecule has 3 aromatic carbocycles. The minimum absolute atomic E-state index is 0.111. The van der Waals surface area contributed by atoms with E-state index < -0.39 is 20.5 Å². The van der Waals surface area contributed by atoms with Gasteiger partial charge in [0, 0.05) is 31.6 Å². The summed E-state index contributed by atoms with van der Waals surface area (Å²) in [6.45, 7) is 6.90. The molecule has 3 unspecified atom stereocenters. The van der Waals surface area contributed by atoms with Crippen LogP contribution in [0.3, 0.4) is 0 Å². The molecule has 8 heteroatoms. The summed E-state index contributed by atoms with van der Waals surface area (Å²) in [7, 11) is -0.572. The lowest BCUT2D eigenvalue weighted by Gasteiger charge is -2.46. The number of benzene rings is 3. The fraction of sp³-hybridized carbons (Fsp3) is 0.514. The fourth-order valence-electron chi connectivity index (χ4n) is 6.41. The molecular weight excluding hydrogens is 588 g/mol. The highest BCUT2D eigenvalue weighted by molar-refractivity contribution is 7.92. The van der Waals surface area contributed by atoms with Crippen LogP contribution in [0, 0.1) is 6.92 Å². The van der Waals surface area contributed by atoms with Crippen molar-refractivity contribution in [2.75, 3.05) is 34.4 Å². The van der Waals surface area contributed by atoms with E-state index in [0.717, 1.165) is 36.0 Å². The summed E-state index contributed by atoms with van der Waals surface area (Å²) in [5.74, 6) is 1.57. The Bertz CT molecular complexity index is 1440. The number of aryl methyl sites for hydroxylation is 1. The van der Waals surface area contributed by atoms with E-state index in [1.807, 2.05) is 61.5 Å². The number of fused-ring (bicyclic) bond motifs is 1. The molecule has 0 amide bonds. The molecule has 1 aliphatic rings. The van der Waals surface area contributed by atoms with Gasteiger partial charge in [0.2, 0.25) is 0 Å². The quantitative estimate of drug-likeness (QED) is 0.102. The highest BCUT2D eigenvalue weighted by atomic mass is 32.2. The molecule has 0 aromatic heterocycles. The van der Waals surface area contributed by atoms with E-state index in [2.05, 4.69) is 13.8 Å². The average Bonchev–Trinajstić information content (AvgIpc) is 3.05. The average molecular weight is 639 g/mol. The lowest BCUT2D eigenvalue weighted by Crippen LogP contribution is -2.47. The Hall–Kier alpha value is -3.07. The van der Waals surface area contributed by atoms with E-state index in [-0.39, 0.29) is 19.5 Å². The predicted octanol–water partition coefficient (Wildman–Crippen LogP) is 8.38. The van der Waals surface area contributed by atoms with Gasteiger partial charge >= 0.3 is 0 Å². The number of unbranched alkanes of at least 4 members (excludes halogenated alkanes) is 6.